The molecular formula is C133H158N6. The molecule has 6 heteroatoms. The second-order valence-corrected chi connectivity index (χ2v) is 29.2. The molecule has 0 unspecified atom stereocenters. The first-order chi connectivity index (χ1) is 68.0. The summed E-state index contributed by atoms with van der Waals surface area (Å²) in [4.78, 5) is 13.9. The van der Waals surface area contributed by atoms with Gasteiger partial charge in [0.1, 0.15) is 0 Å². The third-order valence-electron chi connectivity index (χ3n) is 20.3. The van der Waals surface area contributed by atoms with Crippen LogP contribution >= 0.6 is 0 Å². The lowest BCUT2D eigenvalue weighted by Crippen LogP contribution is -2.32. The summed E-state index contributed by atoms with van der Waals surface area (Å²) in [6, 6.07) is 183. The van der Waals surface area contributed by atoms with Crippen molar-refractivity contribution in [3.63, 3.8) is 0 Å². The van der Waals surface area contributed by atoms with Crippen LogP contribution < -0.4 is 29.4 Å². The highest BCUT2D eigenvalue weighted by Crippen LogP contribution is 2.41. The fourth-order valence-electron chi connectivity index (χ4n) is 14.6. The van der Waals surface area contributed by atoms with Crippen LogP contribution in [0.25, 0.3) is 0 Å². The molecule has 0 aliphatic carbocycles. The molecule has 6 nitrogen and oxygen atoms in total. The van der Waals surface area contributed by atoms with Crippen molar-refractivity contribution in [3.05, 3.63) is 555 Å². The Labute approximate surface area is 841 Å². The number of hydrogen-bond donors (Lipinski definition) is 0. The highest BCUT2D eigenvalue weighted by Gasteiger charge is 2.20. The maximum absolute atomic E-state index is 2.33. The van der Waals surface area contributed by atoms with Gasteiger partial charge in [0.25, 0.3) is 0 Å². The van der Waals surface area contributed by atoms with Gasteiger partial charge < -0.3 is 29.4 Å². The molecule has 720 valence electrons. The lowest BCUT2D eigenvalue weighted by Gasteiger charge is -2.33. The SMILES string of the molecule is C.C.CC.CC.CC.CC.CC.CC.CC.CC.CCC.c1ccc(Cc2ccccc2)cc1.c1ccc(N(CN(c2ccccc2)c2ccccc2)c2ccccc2)cc1.c1ccc(N(c2ccccc2)c2ccc(Cc3ccc(N(c4ccccc4)c4ccccc4)cc3)cc2)cc1.c1ccc(N(c2ccccc2)c2cccc(Cc3cccc(N(c4ccccc4)c4ccccc4)c3)c2)cc1. The summed E-state index contributed by atoms with van der Waals surface area (Å²) in [6.45, 7) is 37.0. The van der Waals surface area contributed by atoms with Crippen molar-refractivity contribution in [2.24, 2.45) is 0 Å². The minimum Gasteiger partial charge on any atom is -0.323 e. The third kappa shape index (κ3) is 38.1. The van der Waals surface area contributed by atoms with E-state index in [0.29, 0.717) is 6.67 Å². The van der Waals surface area contributed by atoms with Crippen LogP contribution in [-0.4, -0.2) is 6.67 Å². The van der Waals surface area contributed by atoms with Gasteiger partial charge in [0, 0.05) is 91.0 Å². The van der Waals surface area contributed by atoms with Crippen molar-refractivity contribution < 1.29 is 0 Å². The van der Waals surface area contributed by atoms with Gasteiger partial charge in [-0.2, -0.15) is 0 Å². The van der Waals surface area contributed by atoms with Gasteiger partial charge in [-0.05, 0) is 247 Å². The number of rotatable bonds is 24. The molecule has 18 aromatic rings. The van der Waals surface area contributed by atoms with Crippen LogP contribution in [-0.2, 0) is 19.3 Å². The molecule has 0 spiro atoms. The van der Waals surface area contributed by atoms with E-state index in [1.165, 1.54) is 62.6 Å². The third-order valence-corrected chi connectivity index (χ3v) is 20.3. The molecule has 0 amide bonds. The summed E-state index contributed by atoms with van der Waals surface area (Å²) in [7, 11) is 0. The molecule has 0 N–H and O–H groups in total. The minimum absolute atomic E-state index is 0. The van der Waals surface area contributed by atoms with Crippen molar-refractivity contribution in [1.82, 2.24) is 0 Å². The van der Waals surface area contributed by atoms with Crippen LogP contribution in [0.1, 0.15) is 179 Å². The smallest absolute Gasteiger partial charge is 0.0999 e. The highest BCUT2D eigenvalue weighted by molar-refractivity contribution is 5.81. The van der Waals surface area contributed by atoms with E-state index < -0.39 is 0 Å². The first-order valence-corrected chi connectivity index (χ1v) is 49.8. The highest BCUT2D eigenvalue weighted by atomic mass is 15.3. The molecule has 0 heterocycles. The van der Waals surface area contributed by atoms with E-state index >= 15 is 0 Å². The molecule has 0 aliphatic rings. The molecule has 18 aromatic carbocycles. The van der Waals surface area contributed by atoms with E-state index in [1.807, 2.05) is 111 Å². The lowest BCUT2D eigenvalue weighted by molar-refractivity contribution is 0.926. The number of anilines is 16. The molecule has 139 heavy (non-hydrogen) atoms. The Hall–Kier alpha value is -15.2. The quantitative estimate of drug-likeness (QED) is 0.0558. The topological polar surface area (TPSA) is 19.4 Å². The van der Waals surface area contributed by atoms with Gasteiger partial charge in [0.05, 0.1) is 6.67 Å². The second kappa shape index (κ2) is 71.3. The Kier molecular flexibility index (Phi) is 59.5. The van der Waals surface area contributed by atoms with Gasteiger partial charge in [-0.15, -0.1) is 0 Å². The number of benzene rings is 18. The van der Waals surface area contributed by atoms with Gasteiger partial charge in [0.2, 0.25) is 0 Å². The first-order valence-electron chi connectivity index (χ1n) is 49.8. The van der Waals surface area contributed by atoms with Crippen LogP contribution in [0.4, 0.5) is 91.0 Å². The van der Waals surface area contributed by atoms with Gasteiger partial charge in [-0.3, -0.25) is 0 Å². The molecule has 0 aromatic heterocycles. The van der Waals surface area contributed by atoms with Gasteiger partial charge in [-0.1, -0.05) is 473 Å². The van der Waals surface area contributed by atoms with Crippen LogP contribution in [0, 0.1) is 0 Å². The van der Waals surface area contributed by atoms with Crippen molar-refractivity contribution in [2.45, 2.75) is 165 Å². The summed E-state index contributed by atoms with van der Waals surface area (Å²) < 4.78 is 0. The Morgan fingerprint density at radius 1 is 0.129 bits per heavy atom. The average Bonchev–Trinajstić information content (AvgIpc) is 0.795. The van der Waals surface area contributed by atoms with E-state index in [0.717, 1.165) is 87.5 Å². The summed E-state index contributed by atoms with van der Waals surface area (Å²) >= 11 is 0. The normalized spacial score (nSPS) is 9.40. The predicted octanol–water partition coefficient (Wildman–Crippen LogP) is 41.2. The van der Waals surface area contributed by atoms with Crippen molar-refractivity contribution >= 4 is 91.0 Å². The molecule has 0 radical (unpaired) electrons. The largest absolute Gasteiger partial charge is 0.323 e. The standard InChI is InChI=1S/2C37H30N2.C25H22N2.C13H12.C3H8.8C2H6.2CH4/c1-5-17-32(18-6-1)38(33-19-7-2-8-20-33)36-25-13-15-30(28-36)27-31-16-14-26-37(29-31)39(34-21-9-3-10-22-34)35-23-11-4-12-24-35;1-5-13-32(14-6-1)38(33-15-7-2-8-16-33)36-25-21-30(22-26-36)29-31-23-27-37(28-24-31)39(34-17-9-3-10-18-34)35-19-11-4-12-20-35;1-5-13-22(14-6-1)26(23-15-7-2-8-16-23)21-27(24-17-9-3-10-18-24)25-19-11-4-12-20-25;1-3-7-12(8-4-1)11-13-9-5-2-6-10-13;1-3-2;8*1-2;;/h1-26,28-29H,27H2;1-28H,29H2;1-20H,21H2;1-10H,11H2;3H2,1-2H3;8*1-2H3;2*1H4. The maximum Gasteiger partial charge on any atom is 0.0999 e. The zero-order valence-electron chi connectivity index (χ0n) is 84.9. The van der Waals surface area contributed by atoms with Crippen LogP contribution in [0.2, 0.25) is 0 Å². The zero-order chi connectivity index (χ0) is 98.5. The number of hydrogen-bond acceptors (Lipinski definition) is 6. The molecule has 0 aliphatic heterocycles. The monoisotopic (exact) mass is 1840 g/mol. The molecule has 0 saturated carbocycles. The molecular weight excluding hydrogens is 1680 g/mol. The van der Waals surface area contributed by atoms with Gasteiger partial charge >= 0.3 is 0 Å². The summed E-state index contributed by atoms with van der Waals surface area (Å²) in [5.74, 6) is 0. The van der Waals surface area contributed by atoms with E-state index in [4.69, 9.17) is 0 Å². The molecule has 0 bridgehead atoms. The Morgan fingerprint density at radius 2 is 0.252 bits per heavy atom. The maximum atomic E-state index is 2.33. The summed E-state index contributed by atoms with van der Waals surface area (Å²) in [5, 5.41) is 0. The summed E-state index contributed by atoms with van der Waals surface area (Å²) in [5.41, 5.74) is 26.3. The van der Waals surface area contributed by atoms with E-state index in [9.17, 15) is 0 Å². The Morgan fingerprint density at radius 3 is 0.432 bits per heavy atom. The predicted molar refractivity (Wildman–Crippen MR) is 621 cm³/mol. The van der Waals surface area contributed by atoms with Crippen LogP contribution in [0.3, 0.4) is 0 Å². The van der Waals surface area contributed by atoms with Crippen molar-refractivity contribution in [2.75, 3.05) is 36.1 Å². The van der Waals surface area contributed by atoms with Crippen LogP contribution in [0.15, 0.2) is 522 Å². The molecule has 0 saturated heterocycles. The molecule has 0 fully saturated rings. The number of para-hydroxylation sites is 12. The Balaban J connectivity index is 0.000000378. The number of nitrogens with zero attached hydrogens (tertiary/aromatic N) is 6. The average molecular weight is 1840 g/mol. The van der Waals surface area contributed by atoms with Crippen molar-refractivity contribution in [1.29, 1.82) is 0 Å². The zero-order valence-corrected chi connectivity index (χ0v) is 84.9. The van der Waals surface area contributed by atoms with Crippen LogP contribution in [0.5, 0.6) is 0 Å². The fourth-order valence-corrected chi connectivity index (χ4v) is 14.6. The molecule has 18 rings (SSSR count). The van der Waals surface area contributed by atoms with Crippen molar-refractivity contribution in [3.8, 4) is 0 Å². The fraction of sp³-hybridized carbons (Fsp3) is 0.188. The van der Waals surface area contributed by atoms with Gasteiger partial charge in [0.15, 0.2) is 0 Å². The second-order valence-electron chi connectivity index (χ2n) is 29.2. The summed E-state index contributed by atoms with van der Waals surface area (Å²) in [6.07, 6.45) is 4.01. The van der Waals surface area contributed by atoms with E-state index in [-0.39, 0.29) is 14.9 Å². The van der Waals surface area contributed by atoms with E-state index in [1.54, 1.807) is 0 Å². The Bertz CT molecular complexity index is 5290. The molecule has 0 atom stereocenters. The lowest BCUT2D eigenvalue weighted by atomic mass is 10.0. The van der Waals surface area contributed by atoms with Gasteiger partial charge in [-0.25, -0.2) is 0 Å². The van der Waals surface area contributed by atoms with E-state index in [2.05, 4.69) is 565 Å². The first kappa shape index (κ1) is 116. The minimum atomic E-state index is 0.